The van der Waals surface area contributed by atoms with Gasteiger partial charge in [-0.25, -0.2) is 9.97 Å². The van der Waals surface area contributed by atoms with E-state index in [1.807, 2.05) is 6.26 Å². The van der Waals surface area contributed by atoms with Gasteiger partial charge in [0.1, 0.15) is 16.6 Å². The summed E-state index contributed by atoms with van der Waals surface area (Å²) in [7, 11) is 1.59. The molecule has 0 bridgehead atoms. The van der Waals surface area contributed by atoms with E-state index in [4.69, 9.17) is 27.9 Å². The van der Waals surface area contributed by atoms with E-state index in [9.17, 15) is 4.79 Å². The lowest BCUT2D eigenvalue weighted by Crippen LogP contribution is -2.19. The molecule has 0 saturated carbocycles. The number of anilines is 1. The van der Waals surface area contributed by atoms with Crippen molar-refractivity contribution in [2.24, 2.45) is 5.10 Å². The molecular weight excluding hydrogens is 431 g/mol. The summed E-state index contributed by atoms with van der Waals surface area (Å²) < 4.78 is 5.14. The SMILES string of the molecule is COc1ccc(N/N=C(/C(=O)c2cnc(SC)nc2Cl)c2ccccc2Cl)cc1. The first kappa shape index (κ1) is 21.1. The third kappa shape index (κ3) is 5.06. The van der Waals surface area contributed by atoms with Crippen LogP contribution < -0.4 is 10.2 Å². The van der Waals surface area contributed by atoms with E-state index in [0.29, 0.717) is 27.2 Å². The van der Waals surface area contributed by atoms with Gasteiger partial charge < -0.3 is 4.74 Å². The molecule has 1 heterocycles. The van der Waals surface area contributed by atoms with Crippen LogP contribution in [0, 0.1) is 0 Å². The van der Waals surface area contributed by atoms with Crippen LogP contribution in [0.5, 0.6) is 5.75 Å². The van der Waals surface area contributed by atoms with Gasteiger partial charge in [-0.2, -0.15) is 5.10 Å². The number of aromatic nitrogens is 2. The molecule has 3 aromatic rings. The van der Waals surface area contributed by atoms with Gasteiger partial charge >= 0.3 is 0 Å². The number of halogens is 2. The normalized spacial score (nSPS) is 11.2. The van der Waals surface area contributed by atoms with Crippen LogP contribution in [-0.2, 0) is 0 Å². The summed E-state index contributed by atoms with van der Waals surface area (Å²) in [6.07, 6.45) is 3.21. The van der Waals surface area contributed by atoms with Crippen LogP contribution in [-0.4, -0.2) is 34.8 Å². The van der Waals surface area contributed by atoms with Crippen LogP contribution in [0.4, 0.5) is 5.69 Å². The zero-order valence-electron chi connectivity index (χ0n) is 15.5. The lowest BCUT2D eigenvalue weighted by Gasteiger charge is -2.10. The molecule has 0 unspecified atom stereocenters. The Bertz CT molecular complexity index is 1060. The molecule has 1 aromatic heterocycles. The molecule has 0 aliphatic carbocycles. The van der Waals surface area contributed by atoms with Crippen LogP contribution in [0.3, 0.4) is 0 Å². The molecule has 9 heteroatoms. The molecule has 148 valence electrons. The number of methoxy groups -OCH3 is 1. The first-order chi connectivity index (χ1) is 14.0. The second-order valence-electron chi connectivity index (χ2n) is 5.67. The molecule has 2 aromatic carbocycles. The predicted molar refractivity (Wildman–Crippen MR) is 118 cm³/mol. The summed E-state index contributed by atoms with van der Waals surface area (Å²) in [4.78, 5) is 21.5. The van der Waals surface area contributed by atoms with Gasteiger partial charge in [0.2, 0.25) is 5.78 Å². The van der Waals surface area contributed by atoms with Crippen LogP contribution in [0.25, 0.3) is 0 Å². The van der Waals surface area contributed by atoms with Crippen molar-refractivity contribution in [3.63, 3.8) is 0 Å². The molecule has 6 nitrogen and oxygen atoms in total. The summed E-state index contributed by atoms with van der Waals surface area (Å²) in [6, 6.07) is 14.0. The average molecular weight is 447 g/mol. The number of carbonyl (C=O) groups excluding carboxylic acids is 1. The van der Waals surface area contributed by atoms with Crippen molar-refractivity contribution >= 4 is 52.1 Å². The number of hydrazone groups is 1. The largest absolute Gasteiger partial charge is 0.497 e. The Labute approximate surface area is 182 Å². The number of nitrogens with zero attached hydrogens (tertiary/aromatic N) is 3. The van der Waals surface area contributed by atoms with Crippen molar-refractivity contribution in [2.75, 3.05) is 18.8 Å². The minimum absolute atomic E-state index is 0.0542. The van der Waals surface area contributed by atoms with Crippen molar-refractivity contribution in [3.05, 3.63) is 76.0 Å². The molecule has 0 fully saturated rings. The van der Waals surface area contributed by atoms with Crippen LogP contribution in [0.15, 0.2) is 65.0 Å². The van der Waals surface area contributed by atoms with Crippen LogP contribution >= 0.6 is 35.0 Å². The summed E-state index contributed by atoms with van der Waals surface area (Å²) in [6.45, 7) is 0. The molecular formula is C20H16Cl2N4O2S. The van der Waals surface area contributed by atoms with E-state index in [-0.39, 0.29) is 16.4 Å². The third-order valence-corrected chi connectivity index (χ3v) is 5.06. The number of ether oxygens (including phenoxy) is 1. The highest BCUT2D eigenvalue weighted by molar-refractivity contribution is 7.98. The van der Waals surface area contributed by atoms with E-state index >= 15 is 0 Å². The van der Waals surface area contributed by atoms with E-state index in [0.717, 1.165) is 0 Å². The summed E-state index contributed by atoms with van der Waals surface area (Å²) in [5.41, 5.74) is 4.24. The van der Waals surface area contributed by atoms with Crippen molar-refractivity contribution in [1.29, 1.82) is 0 Å². The topological polar surface area (TPSA) is 76.5 Å². The number of thioether (sulfide) groups is 1. The fourth-order valence-corrected chi connectivity index (χ4v) is 3.23. The Morgan fingerprint density at radius 3 is 2.45 bits per heavy atom. The molecule has 0 atom stereocenters. The Morgan fingerprint density at radius 1 is 1.10 bits per heavy atom. The Kier molecular flexibility index (Phi) is 7.09. The molecule has 0 radical (unpaired) electrons. The van der Waals surface area contributed by atoms with Crippen molar-refractivity contribution < 1.29 is 9.53 Å². The number of ketones is 1. The molecule has 29 heavy (non-hydrogen) atoms. The van der Waals surface area contributed by atoms with Gasteiger partial charge in [-0.15, -0.1) is 0 Å². The van der Waals surface area contributed by atoms with E-state index in [1.165, 1.54) is 18.0 Å². The second kappa shape index (κ2) is 9.73. The van der Waals surface area contributed by atoms with Gasteiger partial charge in [0.25, 0.3) is 0 Å². The van der Waals surface area contributed by atoms with Gasteiger partial charge in [0.15, 0.2) is 5.16 Å². The van der Waals surface area contributed by atoms with Gasteiger partial charge in [0, 0.05) is 11.8 Å². The third-order valence-electron chi connectivity index (χ3n) is 3.88. The summed E-state index contributed by atoms with van der Waals surface area (Å²) in [5, 5.41) is 5.22. The van der Waals surface area contributed by atoms with Gasteiger partial charge in [0.05, 0.1) is 23.4 Å². The number of nitrogens with one attached hydrogen (secondary N) is 1. The van der Waals surface area contributed by atoms with Gasteiger partial charge in [-0.1, -0.05) is 53.2 Å². The monoisotopic (exact) mass is 446 g/mol. The minimum atomic E-state index is -0.447. The van der Waals surface area contributed by atoms with Crippen molar-refractivity contribution in [2.45, 2.75) is 5.16 Å². The maximum atomic E-state index is 13.2. The van der Waals surface area contributed by atoms with Crippen LogP contribution in [0.1, 0.15) is 15.9 Å². The van der Waals surface area contributed by atoms with Crippen molar-refractivity contribution in [1.82, 2.24) is 9.97 Å². The Hall–Kier alpha value is -2.61. The van der Waals surface area contributed by atoms with Crippen molar-refractivity contribution in [3.8, 4) is 5.75 Å². The first-order valence-corrected chi connectivity index (χ1v) is 10.4. The molecule has 0 spiro atoms. The number of hydrogen-bond donors (Lipinski definition) is 1. The average Bonchev–Trinajstić information content (AvgIpc) is 2.75. The lowest BCUT2D eigenvalue weighted by atomic mass is 10.0. The first-order valence-electron chi connectivity index (χ1n) is 8.37. The zero-order chi connectivity index (χ0) is 20.8. The van der Waals surface area contributed by atoms with Gasteiger partial charge in [-0.3, -0.25) is 10.2 Å². The Balaban J connectivity index is 2.01. The maximum Gasteiger partial charge on any atom is 0.218 e. The molecule has 0 amide bonds. The number of hydrogen-bond acceptors (Lipinski definition) is 7. The smallest absolute Gasteiger partial charge is 0.218 e. The highest BCUT2D eigenvalue weighted by atomic mass is 35.5. The molecule has 1 N–H and O–H groups in total. The number of benzene rings is 2. The molecule has 3 rings (SSSR count). The minimum Gasteiger partial charge on any atom is -0.497 e. The zero-order valence-corrected chi connectivity index (χ0v) is 17.8. The van der Waals surface area contributed by atoms with E-state index in [2.05, 4.69) is 20.5 Å². The molecule has 0 saturated heterocycles. The van der Waals surface area contributed by atoms with Crippen LogP contribution in [0.2, 0.25) is 10.2 Å². The maximum absolute atomic E-state index is 13.2. The summed E-state index contributed by atoms with van der Waals surface area (Å²) in [5.74, 6) is 0.261. The molecule has 0 aliphatic heterocycles. The quantitative estimate of drug-likeness (QED) is 0.134. The highest BCUT2D eigenvalue weighted by Gasteiger charge is 2.23. The predicted octanol–water partition coefficient (Wildman–Crippen LogP) is 5.21. The Morgan fingerprint density at radius 2 is 1.83 bits per heavy atom. The highest BCUT2D eigenvalue weighted by Crippen LogP contribution is 2.23. The number of carbonyl (C=O) groups is 1. The van der Waals surface area contributed by atoms with Gasteiger partial charge in [-0.05, 0) is 36.6 Å². The summed E-state index contributed by atoms with van der Waals surface area (Å²) >= 11 is 13.9. The van der Waals surface area contributed by atoms with E-state index in [1.54, 1.807) is 55.6 Å². The fraction of sp³-hybridized carbons (Fsp3) is 0.100. The number of Topliss-reactive ketones (excluding diaryl/α,β-unsaturated/α-hetero) is 1. The lowest BCUT2D eigenvalue weighted by molar-refractivity contribution is 0.106. The van der Waals surface area contributed by atoms with E-state index < -0.39 is 5.78 Å². The number of rotatable bonds is 7. The molecule has 0 aliphatic rings. The standard InChI is InChI=1S/C20H16Cl2N4O2S/c1-28-13-9-7-12(8-10-13)25-26-17(14-5-3-4-6-16(14)21)18(27)15-11-23-20(29-2)24-19(15)22/h3-11,25H,1-2H3/b26-17+. The fourth-order valence-electron chi connectivity index (χ4n) is 2.40. The second-order valence-corrected chi connectivity index (χ2v) is 7.21.